The first-order valence-corrected chi connectivity index (χ1v) is 25.6. The molecule has 2 aliphatic rings. The van der Waals surface area contributed by atoms with Gasteiger partial charge in [0.1, 0.15) is 23.0 Å². The summed E-state index contributed by atoms with van der Waals surface area (Å²) in [4.78, 5) is 75.2. The molecule has 6 aromatic rings. The number of phenolic OH excluding ortho intramolecular Hbond substituents is 1. The molecule has 4 aromatic carbocycles. The monoisotopic (exact) mass is 1390 g/mol. The zero-order valence-corrected chi connectivity index (χ0v) is 46.5. The molecule has 0 unspecified atom stereocenters. The lowest BCUT2D eigenvalue weighted by molar-refractivity contribution is -0.144. The number of nitrogens with one attached hydrogen (secondary N) is 4. The van der Waals surface area contributed by atoms with Gasteiger partial charge in [0.2, 0.25) is 11.4 Å². The van der Waals surface area contributed by atoms with Crippen molar-refractivity contribution in [1.82, 2.24) is 40.2 Å². The van der Waals surface area contributed by atoms with Crippen LogP contribution in [-0.4, -0.2) is 80.7 Å². The van der Waals surface area contributed by atoms with Gasteiger partial charge in [0.15, 0.2) is 11.5 Å². The number of H-pyrrole nitrogens is 2. The van der Waals surface area contributed by atoms with Crippen LogP contribution in [0.15, 0.2) is 79.8 Å². The third-order valence-electron chi connectivity index (χ3n) is 10.6. The summed E-state index contributed by atoms with van der Waals surface area (Å²) in [7, 11) is 1.30. The highest BCUT2D eigenvalue weighted by atomic mass is 79.9. The standard InChI is InChI=1S/C22H15Cl2F5N4O5.C21H13Cl2F5N4O5.BBr3/c1-37-15-3-2-11(6-12(15)18(34)30-9-7-21(25,26)8-9)38-16-13(23)4-10(5-14(16)24)33-20(36)31-19(35)17(32-33)22(27,28)29;22-12-3-9(32-19(36)30-18(35)16(31-32)21(26,27)28)4-13(23)15(12)37-10-1-2-14(33)11(5-10)17(34)29-8-6-20(24,25)7-8;2-1(3)4/h2-6,9H,7-8H2,1H3,(H,30,34)(H,31,35,36);1-5,8,33H,6-7H2,(H,29,34)(H,30,35,36);. The molecule has 0 saturated heterocycles. The quantitative estimate of drug-likeness (QED) is 0.0601. The molecule has 79 heavy (non-hydrogen) atoms. The van der Waals surface area contributed by atoms with Gasteiger partial charge in [-0.1, -0.05) is 46.4 Å². The van der Waals surface area contributed by atoms with E-state index >= 15 is 0 Å². The predicted molar refractivity (Wildman–Crippen MR) is 276 cm³/mol. The molecule has 0 spiro atoms. The summed E-state index contributed by atoms with van der Waals surface area (Å²) in [6, 6.07) is 9.94. The Bertz CT molecular complexity index is 3530. The fraction of sp³-hybridized carbons (Fsp3) is 0.256. The Morgan fingerprint density at radius 2 is 0.987 bits per heavy atom. The van der Waals surface area contributed by atoms with Crippen molar-refractivity contribution in [3.05, 3.63) is 145 Å². The van der Waals surface area contributed by atoms with Crippen LogP contribution in [0.25, 0.3) is 11.4 Å². The number of alkyl halides is 10. The van der Waals surface area contributed by atoms with Crippen LogP contribution >= 0.6 is 93.7 Å². The predicted octanol–water partition coefficient (Wildman–Crippen LogP) is 11.0. The van der Waals surface area contributed by atoms with Gasteiger partial charge >= 0.3 is 26.9 Å². The number of hydrogen-bond donors (Lipinski definition) is 5. The van der Waals surface area contributed by atoms with Crippen LogP contribution < -0.4 is 47.3 Å². The van der Waals surface area contributed by atoms with Crippen LogP contribution in [0.4, 0.5) is 43.9 Å². The Kier molecular flexibility index (Phi) is 19.4. The van der Waals surface area contributed by atoms with E-state index in [-0.39, 0.29) is 83.9 Å². The second-order valence-electron chi connectivity index (χ2n) is 16.4. The van der Waals surface area contributed by atoms with Crippen LogP contribution in [0.5, 0.6) is 34.5 Å². The number of aromatic hydroxyl groups is 1. The highest BCUT2D eigenvalue weighted by molar-refractivity contribution is 9.69. The minimum Gasteiger partial charge on any atom is -0.507 e. The fourth-order valence-electron chi connectivity index (χ4n) is 7.03. The van der Waals surface area contributed by atoms with Crippen LogP contribution in [0.1, 0.15) is 57.8 Å². The molecule has 422 valence electrons. The summed E-state index contributed by atoms with van der Waals surface area (Å²) in [5.74, 6) is -8.06. The van der Waals surface area contributed by atoms with E-state index in [0.29, 0.717) is 0 Å². The summed E-state index contributed by atoms with van der Waals surface area (Å²) < 4.78 is 148. The van der Waals surface area contributed by atoms with Crippen molar-refractivity contribution in [1.29, 1.82) is 0 Å². The third kappa shape index (κ3) is 15.8. The van der Waals surface area contributed by atoms with Crippen LogP contribution in [0, 0.1) is 0 Å². The van der Waals surface area contributed by atoms with E-state index in [1.165, 1.54) is 41.3 Å². The lowest BCUT2D eigenvalue weighted by atomic mass is 9.88. The second-order valence-corrected chi connectivity index (χ2v) is 24.4. The first-order valence-electron chi connectivity index (χ1n) is 21.3. The number of aromatic nitrogens is 6. The summed E-state index contributed by atoms with van der Waals surface area (Å²) in [5.41, 5.74) is -10.7. The third-order valence-corrected chi connectivity index (χ3v) is 11.7. The number of amides is 2. The molecular weight excluding hydrogens is 1370 g/mol. The number of halogens is 17. The second kappa shape index (κ2) is 24.5. The SMILES string of the molecule is BrB(Br)Br.COc1ccc(Oc2c(Cl)cc(-n3nc(C(F)(F)F)c(=O)[nH]c3=O)cc2Cl)cc1C(=O)NC1CC(F)(F)C1.O=C(NC1CC(F)(F)C1)c1cc(Oc2c(Cl)cc(-n3nc(C(F)(F)F)c(=O)[nH]c3=O)cc2Cl)ccc1O. The number of ether oxygens (including phenoxy) is 3. The Balaban J connectivity index is 0.000000239. The molecule has 0 aliphatic heterocycles. The van der Waals surface area contributed by atoms with Gasteiger partial charge in [-0.3, -0.25) is 29.1 Å². The van der Waals surface area contributed by atoms with E-state index in [1.807, 2.05) is 0 Å². The number of nitrogens with zero attached hydrogens (tertiary/aromatic N) is 4. The topological polar surface area (TPSA) is 242 Å². The highest BCUT2D eigenvalue weighted by Gasteiger charge is 2.47. The van der Waals surface area contributed by atoms with Crippen molar-refractivity contribution in [3.63, 3.8) is 0 Å². The minimum atomic E-state index is -5.15. The molecule has 0 bridgehead atoms. The van der Waals surface area contributed by atoms with E-state index < -0.39 is 113 Å². The average Bonchev–Trinajstić information content (AvgIpc) is 3.36. The maximum absolute atomic E-state index is 13.1. The van der Waals surface area contributed by atoms with Gasteiger partial charge in [-0.15, -0.1) is 47.3 Å². The number of benzene rings is 4. The van der Waals surface area contributed by atoms with E-state index in [1.54, 1.807) is 0 Å². The minimum absolute atomic E-state index is 0.0186. The maximum Gasteiger partial charge on any atom is 0.440 e. The molecule has 18 nitrogen and oxygen atoms in total. The van der Waals surface area contributed by atoms with E-state index in [0.717, 1.165) is 36.4 Å². The largest absolute Gasteiger partial charge is 0.507 e. The molecule has 2 aromatic heterocycles. The molecule has 5 N–H and O–H groups in total. The van der Waals surface area contributed by atoms with Gasteiger partial charge < -0.3 is 30.0 Å². The lowest BCUT2D eigenvalue weighted by Gasteiger charge is -2.35. The summed E-state index contributed by atoms with van der Waals surface area (Å²) in [5, 5.41) is 19.9. The summed E-state index contributed by atoms with van der Waals surface area (Å²) >= 11 is 34.0. The molecule has 2 heterocycles. The molecule has 36 heteroatoms. The first-order chi connectivity index (χ1) is 36.6. The average molecular weight is 1400 g/mol. The van der Waals surface area contributed by atoms with E-state index in [2.05, 4.69) is 68.1 Å². The van der Waals surface area contributed by atoms with Crippen LogP contribution in [0.3, 0.4) is 0 Å². The first kappa shape index (κ1) is 62.4. The van der Waals surface area contributed by atoms with Gasteiger partial charge in [-0.05, 0) is 60.7 Å². The summed E-state index contributed by atoms with van der Waals surface area (Å²) in [6.07, 6.45) is -12.4. The number of carbonyl (C=O) groups excluding carboxylic acids is 2. The van der Waals surface area contributed by atoms with Crippen molar-refractivity contribution < 1.29 is 72.8 Å². The van der Waals surface area contributed by atoms with Crippen LogP contribution in [0.2, 0.25) is 20.1 Å². The number of hydrogen-bond acceptors (Lipinski definition) is 12. The maximum atomic E-state index is 13.1. The number of rotatable bonds is 11. The Labute approximate surface area is 478 Å². The molecule has 8 rings (SSSR count). The van der Waals surface area contributed by atoms with Crippen molar-refractivity contribution >= 4 is 109 Å². The van der Waals surface area contributed by atoms with Gasteiger partial charge in [-0.25, -0.2) is 27.2 Å². The van der Waals surface area contributed by atoms with Crippen molar-refractivity contribution in [2.75, 3.05) is 7.11 Å². The van der Waals surface area contributed by atoms with Gasteiger partial charge in [0.25, 0.3) is 34.8 Å². The Morgan fingerprint density at radius 3 is 1.33 bits per heavy atom. The van der Waals surface area contributed by atoms with Crippen LogP contribution in [-0.2, 0) is 12.4 Å². The van der Waals surface area contributed by atoms with Gasteiger partial charge in [-0.2, -0.15) is 45.9 Å². The lowest BCUT2D eigenvalue weighted by Crippen LogP contribution is -2.50. The molecule has 2 amide bonds. The smallest absolute Gasteiger partial charge is 0.440 e. The fourth-order valence-corrected chi connectivity index (χ4v) is 8.14. The molecule has 2 fully saturated rings. The van der Waals surface area contributed by atoms with Gasteiger partial charge in [0, 0.05) is 37.8 Å². The molecule has 2 saturated carbocycles. The zero-order chi connectivity index (χ0) is 58.9. The Hall–Kier alpha value is -5.80. The van der Waals surface area contributed by atoms with Crippen molar-refractivity contribution in [3.8, 4) is 45.9 Å². The van der Waals surface area contributed by atoms with E-state index in [4.69, 9.17) is 60.6 Å². The molecule has 0 radical (unpaired) electrons. The van der Waals surface area contributed by atoms with Crippen molar-refractivity contribution in [2.45, 2.75) is 62.0 Å². The van der Waals surface area contributed by atoms with Gasteiger partial charge in [0.05, 0.1) is 49.7 Å². The Morgan fingerprint density at radius 1 is 0.646 bits per heavy atom. The molecule has 2 aliphatic carbocycles. The van der Waals surface area contributed by atoms with Crippen molar-refractivity contribution in [2.24, 2.45) is 0 Å². The highest BCUT2D eigenvalue weighted by Crippen LogP contribution is 2.43. The number of aromatic amines is 2. The summed E-state index contributed by atoms with van der Waals surface area (Å²) in [6.45, 7) is 0. The molecular formula is C43H28BBr3Cl4F10N8O10. The van der Waals surface area contributed by atoms with E-state index in [9.17, 15) is 77.8 Å². The normalized spacial score (nSPS) is 14.7. The number of carbonyl (C=O) groups is 2. The molecule has 0 atom stereocenters. The number of phenols is 1. The number of methoxy groups -OCH3 is 1. The zero-order valence-electron chi connectivity index (χ0n) is 38.7.